The predicted octanol–water partition coefficient (Wildman–Crippen LogP) is 2.61. The van der Waals surface area contributed by atoms with Crippen LogP contribution in [0.3, 0.4) is 0 Å². The van der Waals surface area contributed by atoms with E-state index in [1.807, 2.05) is 12.1 Å². The van der Waals surface area contributed by atoms with Crippen LogP contribution in [0.25, 0.3) is 10.6 Å². The smallest absolute Gasteiger partial charge is 0.248 e. The van der Waals surface area contributed by atoms with Gasteiger partial charge in [-0.25, -0.2) is 4.98 Å². The molecule has 5 nitrogen and oxygen atoms in total. The molecule has 2 aromatic rings. The van der Waals surface area contributed by atoms with E-state index in [4.69, 9.17) is 16.5 Å². The zero-order valence-electron chi connectivity index (χ0n) is 14.3. The summed E-state index contributed by atoms with van der Waals surface area (Å²) in [6.07, 6.45) is 5.18. The molecule has 2 aliphatic rings. The van der Waals surface area contributed by atoms with Crippen molar-refractivity contribution in [1.82, 2.24) is 9.88 Å². The van der Waals surface area contributed by atoms with Gasteiger partial charge in [-0.1, -0.05) is 12.1 Å². The third kappa shape index (κ3) is 3.10. The normalized spacial score (nSPS) is 22.2. The number of aromatic nitrogens is 1. The van der Waals surface area contributed by atoms with Crippen molar-refractivity contribution in [3.63, 3.8) is 0 Å². The molecule has 1 saturated carbocycles. The molecule has 132 valence electrons. The third-order valence-electron chi connectivity index (χ3n) is 5.76. The van der Waals surface area contributed by atoms with Crippen LogP contribution in [0.5, 0.6) is 0 Å². The zero-order valence-corrected chi connectivity index (χ0v) is 15.1. The molecule has 1 amide bonds. The minimum atomic E-state index is -0.402. The molecule has 1 spiro atoms. The molecule has 1 aliphatic heterocycles. The van der Waals surface area contributed by atoms with Crippen molar-refractivity contribution in [1.29, 1.82) is 0 Å². The van der Waals surface area contributed by atoms with Gasteiger partial charge >= 0.3 is 0 Å². The molecule has 1 aromatic heterocycles. The largest absolute Gasteiger partial charge is 0.366 e. The van der Waals surface area contributed by atoms with Gasteiger partial charge in [0.2, 0.25) is 5.91 Å². The standard InChI is InChI=1S/C19H24N4OS/c20-9-13-8-19(6-1-7-19)23(10-13)11-16-12-25-18(22-16)15-4-2-14(3-5-15)17(21)24/h2-5,12-13H,1,6-11,20H2,(H2,21,24). The molecule has 2 heterocycles. The zero-order chi connectivity index (χ0) is 17.4. The maximum absolute atomic E-state index is 11.2. The Labute approximate surface area is 152 Å². The van der Waals surface area contributed by atoms with Crippen LogP contribution in [0.2, 0.25) is 0 Å². The van der Waals surface area contributed by atoms with Crippen LogP contribution < -0.4 is 11.5 Å². The molecule has 6 heteroatoms. The monoisotopic (exact) mass is 356 g/mol. The van der Waals surface area contributed by atoms with E-state index in [0.717, 1.165) is 35.9 Å². The fraction of sp³-hybridized carbons (Fsp3) is 0.474. The summed E-state index contributed by atoms with van der Waals surface area (Å²) in [4.78, 5) is 18.6. The fourth-order valence-corrected chi connectivity index (χ4v) is 5.03. The first-order chi connectivity index (χ1) is 12.1. The number of hydrogen-bond donors (Lipinski definition) is 2. The number of likely N-dealkylation sites (tertiary alicyclic amines) is 1. The van der Waals surface area contributed by atoms with Gasteiger partial charge in [-0.3, -0.25) is 9.69 Å². The Kier molecular flexibility index (Phi) is 4.35. The summed E-state index contributed by atoms with van der Waals surface area (Å²) < 4.78 is 0. The van der Waals surface area contributed by atoms with E-state index in [-0.39, 0.29) is 0 Å². The summed E-state index contributed by atoms with van der Waals surface area (Å²) in [5, 5.41) is 3.14. The number of primary amides is 1. The van der Waals surface area contributed by atoms with E-state index in [1.165, 1.54) is 25.7 Å². The van der Waals surface area contributed by atoms with Crippen LogP contribution in [0.1, 0.15) is 41.7 Å². The molecule has 25 heavy (non-hydrogen) atoms. The SMILES string of the molecule is NCC1CN(Cc2csc(-c3ccc(C(N)=O)cc3)n2)C2(CCC2)C1. The molecule has 2 fully saturated rings. The van der Waals surface area contributed by atoms with Crippen LogP contribution in [-0.4, -0.2) is 34.4 Å². The molecule has 1 unspecified atom stereocenters. The summed E-state index contributed by atoms with van der Waals surface area (Å²) in [6.45, 7) is 2.79. The molecule has 0 radical (unpaired) electrons. The number of amides is 1. The van der Waals surface area contributed by atoms with Crippen molar-refractivity contribution in [2.75, 3.05) is 13.1 Å². The Hall–Kier alpha value is -1.76. The number of rotatable bonds is 5. The van der Waals surface area contributed by atoms with E-state index < -0.39 is 5.91 Å². The number of carbonyl (C=O) groups is 1. The average molecular weight is 356 g/mol. The Morgan fingerprint density at radius 2 is 2.08 bits per heavy atom. The second-order valence-electron chi connectivity index (χ2n) is 7.35. The second-order valence-corrected chi connectivity index (χ2v) is 8.21. The molecular formula is C19H24N4OS. The van der Waals surface area contributed by atoms with Crippen molar-refractivity contribution in [2.45, 2.75) is 37.8 Å². The van der Waals surface area contributed by atoms with Gasteiger partial charge in [0.1, 0.15) is 5.01 Å². The van der Waals surface area contributed by atoms with Crippen molar-refractivity contribution in [3.05, 3.63) is 40.9 Å². The highest BCUT2D eigenvalue weighted by Gasteiger charge is 2.48. The molecule has 1 atom stereocenters. The highest BCUT2D eigenvalue weighted by molar-refractivity contribution is 7.13. The Morgan fingerprint density at radius 1 is 1.32 bits per heavy atom. The van der Waals surface area contributed by atoms with Gasteiger partial charge in [-0.05, 0) is 50.3 Å². The van der Waals surface area contributed by atoms with Crippen molar-refractivity contribution in [2.24, 2.45) is 17.4 Å². The Morgan fingerprint density at radius 3 is 2.68 bits per heavy atom. The first-order valence-electron chi connectivity index (χ1n) is 8.89. The third-order valence-corrected chi connectivity index (χ3v) is 6.70. The lowest BCUT2D eigenvalue weighted by Gasteiger charge is -2.45. The van der Waals surface area contributed by atoms with Gasteiger partial charge in [0, 0.05) is 35.1 Å². The summed E-state index contributed by atoms with van der Waals surface area (Å²) in [5.74, 6) is 0.223. The lowest BCUT2D eigenvalue weighted by molar-refractivity contribution is 0.0487. The highest BCUT2D eigenvalue weighted by Crippen LogP contribution is 2.47. The fourth-order valence-electron chi connectivity index (χ4n) is 4.22. The number of nitrogens with zero attached hydrogens (tertiary/aromatic N) is 2. The van der Waals surface area contributed by atoms with E-state index in [2.05, 4.69) is 10.3 Å². The van der Waals surface area contributed by atoms with Crippen LogP contribution >= 0.6 is 11.3 Å². The lowest BCUT2D eigenvalue weighted by Crippen LogP contribution is -2.48. The maximum Gasteiger partial charge on any atom is 0.248 e. The van der Waals surface area contributed by atoms with Crippen molar-refractivity contribution < 1.29 is 4.79 Å². The molecule has 1 aliphatic carbocycles. The number of carbonyl (C=O) groups excluding carboxylic acids is 1. The van der Waals surface area contributed by atoms with E-state index in [0.29, 0.717) is 17.0 Å². The van der Waals surface area contributed by atoms with Crippen LogP contribution in [0.4, 0.5) is 0 Å². The molecule has 0 bridgehead atoms. The molecule has 4 N–H and O–H groups in total. The molecule has 1 aromatic carbocycles. The van der Waals surface area contributed by atoms with E-state index in [9.17, 15) is 4.79 Å². The van der Waals surface area contributed by atoms with Gasteiger partial charge in [-0.2, -0.15) is 0 Å². The van der Waals surface area contributed by atoms with Gasteiger partial charge in [-0.15, -0.1) is 11.3 Å². The quantitative estimate of drug-likeness (QED) is 0.862. The highest BCUT2D eigenvalue weighted by atomic mass is 32.1. The first-order valence-corrected chi connectivity index (χ1v) is 9.77. The van der Waals surface area contributed by atoms with Gasteiger partial charge in [0.25, 0.3) is 0 Å². The van der Waals surface area contributed by atoms with Gasteiger partial charge in [0.05, 0.1) is 5.69 Å². The minimum absolute atomic E-state index is 0.386. The Bertz CT molecular complexity index is 766. The van der Waals surface area contributed by atoms with Crippen LogP contribution in [0.15, 0.2) is 29.6 Å². The van der Waals surface area contributed by atoms with Gasteiger partial charge < -0.3 is 11.5 Å². The average Bonchev–Trinajstić information content (AvgIpc) is 3.19. The number of thiazole rings is 1. The number of hydrogen-bond acceptors (Lipinski definition) is 5. The molecular weight excluding hydrogens is 332 g/mol. The number of benzene rings is 1. The topological polar surface area (TPSA) is 85.2 Å². The lowest BCUT2D eigenvalue weighted by atomic mass is 9.73. The second kappa shape index (κ2) is 6.52. The van der Waals surface area contributed by atoms with Crippen molar-refractivity contribution >= 4 is 17.2 Å². The first kappa shape index (κ1) is 16.7. The predicted molar refractivity (Wildman–Crippen MR) is 100 cm³/mol. The maximum atomic E-state index is 11.2. The van der Waals surface area contributed by atoms with Crippen molar-refractivity contribution in [3.8, 4) is 10.6 Å². The van der Waals surface area contributed by atoms with E-state index in [1.54, 1.807) is 23.5 Å². The summed E-state index contributed by atoms with van der Waals surface area (Å²) in [7, 11) is 0. The van der Waals surface area contributed by atoms with Crippen LogP contribution in [-0.2, 0) is 6.54 Å². The summed E-state index contributed by atoms with van der Waals surface area (Å²) >= 11 is 1.65. The molecule has 4 rings (SSSR count). The molecule has 1 saturated heterocycles. The van der Waals surface area contributed by atoms with Gasteiger partial charge in [0.15, 0.2) is 0 Å². The van der Waals surface area contributed by atoms with Crippen LogP contribution in [0, 0.1) is 5.92 Å². The Balaban J connectivity index is 1.49. The minimum Gasteiger partial charge on any atom is -0.366 e. The van der Waals surface area contributed by atoms with E-state index >= 15 is 0 Å². The summed E-state index contributed by atoms with van der Waals surface area (Å²) in [6, 6.07) is 7.34. The number of nitrogens with two attached hydrogens (primary N) is 2. The summed E-state index contributed by atoms with van der Waals surface area (Å²) in [5.41, 5.74) is 14.3.